The zero-order valence-electron chi connectivity index (χ0n) is 15.4. The van der Waals surface area contributed by atoms with Crippen LogP contribution in [0.15, 0.2) is 78.9 Å². The van der Waals surface area contributed by atoms with Gasteiger partial charge in [-0.25, -0.2) is 4.79 Å². The minimum absolute atomic E-state index is 0.122. The molecule has 0 bridgehead atoms. The van der Waals surface area contributed by atoms with E-state index in [0.717, 1.165) is 5.56 Å². The number of carbonyl (C=O) groups excluding carboxylic acids is 2. The van der Waals surface area contributed by atoms with Crippen LogP contribution in [0.2, 0.25) is 5.02 Å². The summed E-state index contributed by atoms with van der Waals surface area (Å²) in [4.78, 5) is 26.5. The van der Waals surface area contributed by atoms with Crippen molar-refractivity contribution in [3.63, 3.8) is 0 Å². The predicted molar refractivity (Wildman–Crippen MR) is 113 cm³/mol. The minimum atomic E-state index is -0.412. The minimum Gasteiger partial charge on any atom is -0.337 e. The molecule has 3 aromatic carbocycles. The first kappa shape index (κ1) is 19.5. The Morgan fingerprint density at radius 3 is 2.18 bits per heavy atom. The van der Waals surface area contributed by atoms with Crippen LogP contribution < -0.4 is 10.6 Å². The molecule has 0 aliphatic carbocycles. The molecule has 0 aliphatic heterocycles. The third-order valence-electron chi connectivity index (χ3n) is 4.06. The van der Waals surface area contributed by atoms with Gasteiger partial charge in [-0.05, 0) is 42.0 Å². The summed E-state index contributed by atoms with van der Waals surface area (Å²) in [5.74, 6) is -0.122. The summed E-state index contributed by atoms with van der Waals surface area (Å²) >= 11 is 5.92. The van der Waals surface area contributed by atoms with E-state index in [4.69, 9.17) is 11.6 Å². The van der Waals surface area contributed by atoms with Crippen molar-refractivity contribution >= 4 is 34.9 Å². The average Bonchev–Trinajstić information content (AvgIpc) is 2.68. The second-order valence-corrected chi connectivity index (χ2v) is 6.75. The first-order valence-electron chi connectivity index (χ1n) is 8.74. The van der Waals surface area contributed by atoms with Crippen LogP contribution in [0.1, 0.15) is 15.9 Å². The second kappa shape index (κ2) is 9.06. The number of anilines is 2. The van der Waals surface area contributed by atoms with Gasteiger partial charge in [-0.1, -0.05) is 54.1 Å². The van der Waals surface area contributed by atoms with Crippen molar-refractivity contribution in [2.75, 3.05) is 17.7 Å². The van der Waals surface area contributed by atoms with E-state index in [0.29, 0.717) is 28.5 Å². The van der Waals surface area contributed by atoms with Crippen molar-refractivity contribution in [3.8, 4) is 0 Å². The number of amides is 3. The van der Waals surface area contributed by atoms with E-state index < -0.39 is 6.03 Å². The van der Waals surface area contributed by atoms with Crippen molar-refractivity contribution in [2.45, 2.75) is 6.54 Å². The van der Waals surface area contributed by atoms with Gasteiger partial charge in [0.15, 0.2) is 0 Å². The van der Waals surface area contributed by atoms with E-state index in [9.17, 15) is 9.59 Å². The lowest BCUT2D eigenvalue weighted by Crippen LogP contribution is -2.26. The summed E-state index contributed by atoms with van der Waals surface area (Å²) in [5.41, 5.74) is 2.66. The number of halogens is 1. The van der Waals surface area contributed by atoms with Crippen LogP contribution in [-0.4, -0.2) is 23.9 Å². The van der Waals surface area contributed by atoms with Gasteiger partial charge in [0.05, 0.1) is 0 Å². The van der Waals surface area contributed by atoms with Gasteiger partial charge >= 0.3 is 6.03 Å². The number of hydrogen-bond donors (Lipinski definition) is 2. The van der Waals surface area contributed by atoms with Crippen molar-refractivity contribution in [1.82, 2.24) is 4.90 Å². The maximum atomic E-state index is 12.7. The Bertz CT molecular complexity index is 976. The molecule has 3 rings (SSSR count). The lowest BCUT2D eigenvalue weighted by molar-refractivity contribution is 0.0785. The molecular formula is C22H20ClN3O2. The molecule has 0 saturated carbocycles. The zero-order valence-corrected chi connectivity index (χ0v) is 16.1. The fourth-order valence-corrected chi connectivity index (χ4v) is 2.93. The Balaban J connectivity index is 1.64. The van der Waals surface area contributed by atoms with E-state index in [1.54, 1.807) is 60.5 Å². The van der Waals surface area contributed by atoms with Crippen LogP contribution in [-0.2, 0) is 6.54 Å². The third-order valence-corrected chi connectivity index (χ3v) is 4.29. The van der Waals surface area contributed by atoms with E-state index in [2.05, 4.69) is 10.6 Å². The second-order valence-electron chi connectivity index (χ2n) is 6.32. The average molecular weight is 394 g/mol. The number of urea groups is 1. The highest BCUT2D eigenvalue weighted by Gasteiger charge is 2.13. The zero-order chi connectivity index (χ0) is 19.9. The van der Waals surface area contributed by atoms with E-state index >= 15 is 0 Å². The Kier molecular flexibility index (Phi) is 6.29. The SMILES string of the molecule is CN(Cc1ccccc1)C(=O)c1cccc(NC(=O)Nc2cccc(Cl)c2)c1. The molecule has 142 valence electrons. The Hall–Kier alpha value is -3.31. The summed E-state index contributed by atoms with van der Waals surface area (Å²) in [6, 6.07) is 23.1. The van der Waals surface area contributed by atoms with Gasteiger partial charge in [0.1, 0.15) is 0 Å². The molecule has 0 radical (unpaired) electrons. The van der Waals surface area contributed by atoms with E-state index in [1.165, 1.54) is 0 Å². The lowest BCUT2D eigenvalue weighted by atomic mass is 10.1. The number of rotatable bonds is 5. The molecule has 0 atom stereocenters. The van der Waals surface area contributed by atoms with Crippen molar-refractivity contribution in [3.05, 3.63) is 95.0 Å². The number of nitrogens with zero attached hydrogens (tertiary/aromatic N) is 1. The van der Waals surface area contributed by atoms with Crippen LogP contribution in [0.25, 0.3) is 0 Å². The van der Waals surface area contributed by atoms with Gasteiger partial charge in [0, 0.05) is 35.6 Å². The van der Waals surface area contributed by atoms with E-state index in [1.807, 2.05) is 30.3 Å². The molecular weight excluding hydrogens is 374 g/mol. The first-order chi connectivity index (χ1) is 13.5. The first-order valence-corrected chi connectivity index (χ1v) is 9.12. The molecule has 3 aromatic rings. The summed E-state index contributed by atoms with van der Waals surface area (Å²) in [6.07, 6.45) is 0. The Morgan fingerprint density at radius 2 is 1.50 bits per heavy atom. The quantitative estimate of drug-likeness (QED) is 0.621. The molecule has 0 saturated heterocycles. The predicted octanol–water partition coefficient (Wildman–Crippen LogP) is 5.26. The molecule has 0 heterocycles. The number of carbonyl (C=O) groups is 2. The van der Waals surface area contributed by atoms with Gasteiger partial charge in [0.25, 0.3) is 5.91 Å². The van der Waals surface area contributed by atoms with E-state index in [-0.39, 0.29) is 5.91 Å². The molecule has 0 spiro atoms. The van der Waals surface area contributed by atoms with Crippen LogP contribution in [0.5, 0.6) is 0 Å². The monoisotopic (exact) mass is 393 g/mol. The van der Waals surface area contributed by atoms with Gasteiger partial charge < -0.3 is 15.5 Å². The van der Waals surface area contributed by atoms with Crippen LogP contribution in [0.4, 0.5) is 16.2 Å². The number of benzene rings is 3. The highest BCUT2D eigenvalue weighted by molar-refractivity contribution is 6.30. The summed E-state index contributed by atoms with van der Waals surface area (Å²) in [6.45, 7) is 0.507. The van der Waals surface area contributed by atoms with Crippen molar-refractivity contribution in [1.29, 1.82) is 0 Å². The molecule has 0 aliphatic rings. The molecule has 0 fully saturated rings. The fourth-order valence-electron chi connectivity index (χ4n) is 2.74. The van der Waals surface area contributed by atoms with Crippen molar-refractivity contribution < 1.29 is 9.59 Å². The number of nitrogens with one attached hydrogen (secondary N) is 2. The van der Waals surface area contributed by atoms with Crippen LogP contribution >= 0.6 is 11.6 Å². The van der Waals surface area contributed by atoms with Crippen molar-refractivity contribution in [2.24, 2.45) is 0 Å². The third kappa shape index (κ3) is 5.34. The molecule has 28 heavy (non-hydrogen) atoms. The summed E-state index contributed by atoms with van der Waals surface area (Å²) in [5, 5.41) is 5.97. The van der Waals surface area contributed by atoms with Crippen LogP contribution in [0, 0.1) is 0 Å². The molecule has 3 amide bonds. The topological polar surface area (TPSA) is 61.4 Å². The maximum Gasteiger partial charge on any atom is 0.323 e. The molecule has 2 N–H and O–H groups in total. The fraction of sp³-hybridized carbons (Fsp3) is 0.0909. The molecule has 6 heteroatoms. The standard InChI is InChI=1S/C22H20ClN3O2/c1-26(15-16-7-3-2-4-8-16)21(27)17-9-5-11-19(13-17)24-22(28)25-20-12-6-10-18(23)14-20/h2-14H,15H2,1H3,(H2,24,25,28). The lowest BCUT2D eigenvalue weighted by Gasteiger charge is -2.18. The normalized spacial score (nSPS) is 10.2. The summed E-state index contributed by atoms with van der Waals surface area (Å²) < 4.78 is 0. The highest BCUT2D eigenvalue weighted by atomic mass is 35.5. The Morgan fingerprint density at radius 1 is 0.857 bits per heavy atom. The van der Waals surface area contributed by atoms with Gasteiger partial charge in [-0.2, -0.15) is 0 Å². The molecule has 5 nitrogen and oxygen atoms in total. The van der Waals surface area contributed by atoms with Crippen LogP contribution in [0.3, 0.4) is 0 Å². The van der Waals surface area contributed by atoms with Gasteiger partial charge in [-0.3, -0.25) is 4.79 Å². The Labute approximate surface area is 168 Å². The largest absolute Gasteiger partial charge is 0.337 e. The maximum absolute atomic E-state index is 12.7. The van der Waals surface area contributed by atoms with Gasteiger partial charge in [-0.15, -0.1) is 0 Å². The van der Waals surface area contributed by atoms with Gasteiger partial charge in [0.2, 0.25) is 0 Å². The summed E-state index contributed by atoms with van der Waals surface area (Å²) in [7, 11) is 1.75. The molecule has 0 unspecified atom stereocenters. The highest BCUT2D eigenvalue weighted by Crippen LogP contribution is 2.17. The smallest absolute Gasteiger partial charge is 0.323 e. The molecule has 0 aromatic heterocycles. The number of hydrogen-bond acceptors (Lipinski definition) is 2.